The van der Waals surface area contributed by atoms with E-state index >= 15 is 0 Å². The van der Waals surface area contributed by atoms with Gasteiger partial charge in [-0.3, -0.25) is 0 Å². The average Bonchev–Trinajstić information content (AvgIpc) is 2.57. The van der Waals surface area contributed by atoms with E-state index in [2.05, 4.69) is 32.9 Å². The summed E-state index contributed by atoms with van der Waals surface area (Å²) in [4.78, 5) is 0. The Morgan fingerprint density at radius 3 is 1.96 bits per heavy atom. The van der Waals surface area contributed by atoms with Crippen LogP contribution < -0.4 is 9.47 Å². The van der Waals surface area contributed by atoms with Gasteiger partial charge in [0.25, 0.3) is 0 Å². The molecule has 0 aliphatic rings. The Balaban J connectivity index is 2.74. The van der Waals surface area contributed by atoms with Crippen LogP contribution in [0.25, 0.3) is 0 Å². The molecule has 1 N–H and O–H groups in total. The van der Waals surface area contributed by atoms with Crippen LogP contribution in [0, 0.1) is 20.8 Å². The van der Waals surface area contributed by atoms with Gasteiger partial charge < -0.3 is 14.6 Å². The highest BCUT2D eigenvalue weighted by atomic mass is 16.5. The minimum absolute atomic E-state index is 0.0735. The summed E-state index contributed by atoms with van der Waals surface area (Å²) < 4.78 is 11.4. The maximum absolute atomic E-state index is 9.59. The predicted molar refractivity (Wildman–Crippen MR) is 93.7 cm³/mol. The van der Waals surface area contributed by atoms with E-state index < -0.39 is 0 Å². The summed E-state index contributed by atoms with van der Waals surface area (Å²) in [5, 5.41) is 9.59. The van der Waals surface area contributed by atoms with Crippen molar-refractivity contribution in [1.82, 2.24) is 0 Å². The van der Waals surface area contributed by atoms with Crippen LogP contribution in [0.5, 0.6) is 11.5 Å². The highest BCUT2D eigenvalue weighted by molar-refractivity contribution is 5.60. The Hall–Kier alpha value is -2.00. The van der Waals surface area contributed by atoms with Crippen molar-refractivity contribution in [3.8, 4) is 11.5 Å². The van der Waals surface area contributed by atoms with Gasteiger partial charge in [0, 0.05) is 18.1 Å². The molecular weight excluding hydrogens is 288 g/mol. The summed E-state index contributed by atoms with van der Waals surface area (Å²) in [6.07, 6.45) is 0.646. The van der Waals surface area contributed by atoms with Gasteiger partial charge in [0.2, 0.25) is 0 Å². The zero-order chi connectivity index (χ0) is 17.0. The lowest BCUT2D eigenvalue weighted by atomic mass is 9.83. The number of ether oxygens (including phenoxy) is 2. The van der Waals surface area contributed by atoms with E-state index in [1.54, 1.807) is 14.2 Å². The van der Waals surface area contributed by atoms with Gasteiger partial charge in [-0.05, 0) is 49.4 Å². The van der Waals surface area contributed by atoms with E-state index in [0.29, 0.717) is 6.42 Å². The highest BCUT2D eigenvalue weighted by Gasteiger charge is 2.25. The zero-order valence-electron chi connectivity index (χ0n) is 14.6. The van der Waals surface area contributed by atoms with Crippen molar-refractivity contribution in [3.05, 3.63) is 58.1 Å². The van der Waals surface area contributed by atoms with Crippen molar-refractivity contribution < 1.29 is 14.6 Å². The molecule has 0 radical (unpaired) electrons. The van der Waals surface area contributed by atoms with Crippen molar-refractivity contribution in [2.45, 2.75) is 33.1 Å². The van der Waals surface area contributed by atoms with Gasteiger partial charge in [-0.15, -0.1) is 0 Å². The van der Waals surface area contributed by atoms with Crippen LogP contribution in [-0.2, 0) is 0 Å². The molecule has 0 saturated carbocycles. The average molecular weight is 314 g/mol. The molecule has 0 amide bonds. The molecule has 0 fully saturated rings. The summed E-state index contributed by atoms with van der Waals surface area (Å²) in [5.74, 6) is 1.87. The van der Waals surface area contributed by atoms with Crippen LogP contribution >= 0.6 is 0 Å². The molecule has 23 heavy (non-hydrogen) atoms. The quantitative estimate of drug-likeness (QED) is 0.871. The summed E-state index contributed by atoms with van der Waals surface area (Å²) in [5.41, 5.74) is 5.54. The standard InChI is InChI=1S/C20H26O3/c1-13-14(2)20(23-5)18(15(3)19(13)22-4)17(11-12-21)16-9-7-6-8-10-16/h6-10,17,21H,11-12H2,1-5H3. The summed E-state index contributed by atoms with van der Waals surface area (Å²) in [6.45, 7) is 6.30. The fourth-order valence-electron chi connectivity index (χ4n) is 3.40. The van der Waals surface area contributed by atoms with Crippen molar-refractivity contribution >= 4 is 0 Å². The van der Waals surface area contributed by atoms with Crippen LogP contribution in [-0.4, -0.2) is 25.9 Å². The first-order chi connectivity index (χ1) is 11.1. The van der Waals surface area contributed by atoms with E-state index in [1.165, 1.54) is 5.56 Å². The lowest BCUT2D eigenvalue weighted by molar-refractivity contribution is 0.280. The minimum Gasteiger partial charge on any atom is -0.496 e. The van der Waals surface area contributed by atoms with Crippen molar-refractivity contribution in [3.63, 3.8) is 0 Å². The molecule has 0 spiro atoms. The molecule has 3 nitrogen and oxygen atoms in total. The summed E-state index contributed by atoms with van der Waals surface area (Å²) in [7, 11) is 3.41. The van der Waals surface area contributed by atoms with Gasteiger partial charge in [0.1, 0.15) is 11.5 Å². The van der Waals surface area contributed by atoms with Crippen LogP contribution in [0.4, 0.5) is 0 Å². The van der Waals surface area contributed by atoms with E-state index in [-0.39, 0.29) is 12.5 Å². The Morgan fingerprint density at radius 1 is 0.870 bits per heavy atom. The summed E-state index contributed by atoms with van der Waals surface area (Å²) >= 11 is 0. The Morgan fingerprint density at radius 2 is 1.43 bits per heavy atom. The fraction of sp³-hybridized carbons (Fsp3) is 0.400. The first-order valence-corrected chi connectivity index (χ1v) is 7.94. The second-order valence-corrected chi connectivity index (χ2v) is 5.83. The number of benzene rings is 2. The van der Waals surface area contributed by atoms with Gasteiger partial charge in [-0.25, -0.2) is 0 Å². The molecule has 3 heteroatoms. The molecule has 0 bridgehead atoms. The maximum Gasteiger partial charge on any atom is 0.126 e. The van der Waals surface area contributed by atoms with Crippen molar-refractivity contribution in [2.75, 3.05) is 20.8 Å². The number of hydrogen-bond donors (Lipinski definition) is 1. The van der Waals surface area contributed by atoms with E-state index in [4.69, 9.17) is 9.47 Å². The highest BCUT2D eigenvalue weighted by Crippen LogP contribution is 2.44. The van der Waals surface area contributed by atoms with E-state index in [9.17, 15) is 5.11 Å². The normalized spacial score (nSPS) is 12.1. The van der Waals surface area contributed by atoms with Gasteiger partial charge >= 0.3 is 0 Å². The third-order valence-corrected chi connectivity index (χ3v) is 4.61. The maximum atomic E-state index is 9.59. The van der Waals surface area contributed by atoms with Gasteiger partial charge in [-0.2, -0.15) is 0 Å². The molecular formula is C20H26O3. The fourth-order valence-corrected chi connectivity index (χ4v) is 3.40. The largest absolute Gasteiger partial charge is 0.496 e. The molecule has 0 aliphatic heterocycles. The summed E-state index contributed by atoms with van der Waals surface area (Å²) in [6, 6.07) is 10.3. The lowest BCUT2D eigenvalue weighted by Gasteiger charge is -2.26. The number of methoxy groups -OCH3 is 2. The second-order valence-electron chi connectivity index (χ2n) is 5.83. The monoisotopic (exact) mass is 314 g/mol. The third kappa shape index (κ3) is 3.20. The second kappa shape index (κ2) is 7.51. The molecule has 124 valence electrons. The van der Waals surface area contributed by atoms with Gasteiger partial charge in [0.05, 0.1) is 14.2 Å². The number of aliphatic hydroxyl groups is 1. The van der Waals surface area contributed by atoms with Crippen LogP contribution in [0.2, 0.25) is 0 Å². The number of rotatable bonds is 6. The van der Waals surface area contributed by atoms with Crippen LogP contribution in [0.3, 0.4) is 0 Å². The molecule has 0 saturated heterocycles. The number of aliphatic hydroxyl groups excluding tert-OH is 1. The first kappa shape index (κ1) is 17.4. The van der Waals surface area contributed by atoms with E-state index in [0.717, 1.165) is 33.8 Å². The molecule has 2 aromatic rings. The molecule has 0 aromatic heterocycles. The van der Waals surface area contributed by atoms with Crippen molar-refractivity contribution in [2.24, 2.45) is 0 Å². The third-order valence-electron chi connectivity index (χ3n) is 4.61. The van der Waals surface area contributed by atoms with Crippen LogP contribution in [0.15, 0.2) is 30.3 Å². The molecule has 1 atom stereocenters. The lowest BCUT2D eigenvalue weighted by Crippen LogP contribution is -2.11. The topological polar surface area (TPSA) is 38.7 Å². The Bertz CT molecular complexity index is 663. The zero-order valence-corrected chi connectivity index (χ0v) is 14.6. The Kier molecular flexibility index (Phi) is 5.67. The van der Waals surface area contributed by atoms with E-state index in [1.807, 2.05) is 18.2 Å². The number of hydrogen-bond acceptors (Lipinski definition) is 3. The molecule has 2 rings (SSSR count). The smallest absolute Gasteiger partial charge is 0.126 e. The predicted octanol–water partition coefficient (Wildman–Crippen LogP) is 4.14. The molecule has 0 heterocycles. The molecule has 0 aliphatic carbocycles. The van der Waals surface area contributed by atoms with Gasteiger partial charge in [-0.1, -0.05) is 30.3 Å². The molecule has 1 unspecified atom stereocenters. The van der Waals surface area contributed by atoms with Crippen LogP contribution in [0.1, 0.15) is 40.2 Å². The Labute approximate surface area is 138 Å². The SMILES string of the molecule is COc1c(C)c(C)c(OC)c(C(CCO)c2ccccc2)c1C. The van der Waals surface area contributed by atoms with Crippen molar-refractivity contribution in [1.29, 1.82) is 0 Å². The molecule has 2 aromatic carbocycles. The first-order valence-electron chi connectivity index (χ1n) is 7.94. The minimum atomic E-state index is 0.0735. The van der Waals surface area contributed by atoms with Gasteiger partial charge in [0.15, 0.2) is 0 Å².